The van der Waals surface area contributed by atoms with E-state index < -0.39 is 6.10 Å². The number of hydrogen-bond acceptors (Lipinski definition) is 2. The summed E-state index contributed by atoms with van der Waals surface area (Å²) in [6, 6.07) is 11.8. The van der Waals surface area contributed by atoms with E-state index in [1.807, 2.05) is 24.3 Å². The van der Waals surface area contributed by atoms with Crippen molar-refractivity contribution in [2.45, 2.75) is 12.5 Å². The van der Waals surface area contributed by atoms with Crippen LogP contribution in [-0.2, 0) is 6.42 Å². The molecule has 2 nitrogen and oxygen atoms in total. The smallest absolute Gasteiger partial charge is 0.124 e. The molecule has 19 heavy (non-hydrogen) atoms. The number of benzene rings is 2. The molecule has 0 saturated heterocycles. The predicted molar refractivity (Wildman–Crippen MR) is 75.8 cm³/mol. The minimum atomic E-state index is -0.799. The monoisotopic (exact) mass is 324 g/mol. The van der Waals surface area contributed by atoms with Crippen molar-refractivity contribution in [3.63, 3.8) is 0 Å². The minimum absolute atomic E-state index is 0.384. The van der Waals surface area contributed by atoms with Gasteiger partial charge in [-0.1, -0.05) is 28.1 Å². The Morgan fingerprint density at radius 2 is 1.89 bits per heavy atom. The second kappa shape index (κ2) is 6.17. The lowest BCUT2D eigenvalue weighted by Crippen LogP contribution is -2.04. The molecule has 0 aliphatic heterocycles. The summed E-state index contributed by atoms with van der Waals surface area (Å²) >= 11 is 3.36. The number of aliphatic hydroxyl groups excluding tert-OH is 1. The Kier molecular flexibility index (Phi) is 4.56. The molecule has 1 N–H and O–H groups in total. The van der Waals surface area contributed by atoms with Gasteiger partial charge in [0.1, 0.15) is 11.6 Å². The van der Waals surface area contributed by atoms with Crippen molar-refractivity contribution < 1.29 is 14.2 Å². The van der Waals surface area contributed by atoms with Gasteiger partial charge in [0.2, 0.25) is 0 Å². The van der Waals surface area contributed by atoms with Crippen molar-refractivity contribution in [2.24, 2.45) is 0 Å². The van der Waals surface area contributed by atoms with Gasteiger partial charge in [0.25, 0.3) is 0 Å². The molecule has 0 saturated carbocycles. The highest BCUT2D eigenvalue weighted by atomic mass is 79.9. The summed E-state index contributed by atoms with van der Waals surface area (Å²) in [4.78, 5) is 0. The first-order valence-corrected chi connectivity index (χ1v) is 6.65. The van der Waals surface area contributed by atoms with Crippen LogP contribution in [-0.4, -0.2) is 12.2 Å². The Bertz CT molecular complexity index is 555. The fourth-order valence-electron chi connectivity index (χ4n) is 1.92. The highest BCUT2D eigenvalue weighted by Gasteiger charge is 2.15. The van der Waals surface area contributed by atoms with Crippen LogP contribution in [0.5, 0.6) is 5.75 Å². The van der Waals surface area contributed by atoms with Gasteiger partial charge in [0.05, 0.1) is 13.2 Å². The largest absolute Gasteiger partial charge is 0.496 e. The average Bonchev–Trinajstić information content (AvgIpc) is 2.41. The summed E-state index contributed by atoms with van der Waals surface area (Å²) in [5, 5.41) is 10.2. The number of ether oxygens (including phenoxy) is 1. The normalized spacial score (nSPS) is 12.2. The third-order valence-electron chi connectivity index (χ3n) is 2.89. The second-order valence-corrected chi connectivity index (χ2v) is 5.15. The average molecular weight is 325 g/mol. The quantitative estimate of drug-likeness (QED) is 0.925. The van der Waals surface area contributed by atoms with Crippen LogP contribution in [0, 0.1) is 5.82 Å². The van der Waals surface area contributed by atoms with Gasteiger partial charge in [0, 0.05) is 16.5 Å². The van der Waals surface area contributed by atoms with Crippen molar-refractivity contribution in [1.29, 1.82) is 0 Å². The fraction of sp³-hybridized carbons (Fsp3) is 0.200. The first-order chi connectivity index (χ1) is 9.10. The highest BCUT2D eigenvalue weighted by Crippen LogP contribution is 2.28. The highest BCUT2D eigenvalue weighted by molar-refractivity contribution is 9.10. The number of aliphatic hydroxyl groups is 1. The maximum atomic E-state index is 13.3. The molecule has 100 valence electrons. The van der Waals surface area contributed by atoms with Crippen LogP contribution >= 0.6 is 15.9 Å². The molecule has 0 amide bonds. The number of methoxy groups -OCH3 is 1. The SMILES string of the molecule is COc1ccc(F)cc1C(O)Cc1ccc(Br)cc1. The van der Waals surface area contributed by atoms with Gasteiger partial charge in [-0.25, -0.2) is 4.39 Å². The number of halogens is 2. The van der Waals surface area contributed by atoms with Crippen LogP contribution < -0.4 is 4.74 Å². The van der Waals surface area contributed by atoms with E-state index in [0.29, 0.717) is 17.7 Å². The van der Waals surface area contributed by atoms with Crippen LogP contribution in [0.15, 0.2) is 46.9 Å². The van der Waals surface area contributed by atoms with Crippen LogP contribution in [0.3, 0.4) is 0 Å². The lowest BCUT2D eigenvalue weighted by molar-refractivity contribution is 0.173. The molecular formula is C15H14BrFO2. The lowest BCUT2D eigenvalue weighted by Gasteiger charge is -2.15. The molecule has 1 unspecified atom stereocenters. The molecule has 4 heteroatoms. The van der Waals surface area contributed by atoms with E-state index in [4.69, 9.17) is 4.74 Å². The fourth-order valence-corrected chi connectivity index (χ4v) is 2.18. The zero-order valence-electron chi connectivity index (χ0n) is 10.4. The summed E-state index contributed by atoms with van der Waals surface area (Å²) in [5.41, 5.74) is 1.44. The van der Waals surface area contributed by atoms with E-state index in [1.54, 1.807) is 0 Å². The molecule has 0 radical (unpaired) electrons. The molecule has 2 aromatic carbocycles. The molecule has 1 atom stereocenters. The zero-order valence-corrected chi connectivity index (χ0v) is 12.0. The first-order valence-electron chi connectivity index (χ1n) is 5.86. The molecule has 0 spiro atoms. The first kappa shape index (κ1) is 14.0. The summed E-state index contributed by atoms with van der Waals surface area (Å²) in [6.45, 7) is 0. The standard InChI is InChI=1S/C15H14BrFO2/c1-19-15-7-6-12(17)9-13(15)14(18)8-10-2-4-11(16)5-3-10/h2-7,9,14,18H,8H2,1H3. The van der Waals surface area contributed by atoms with Gasteiger partial charge in [-0.05, 0) is 35.9 Å². The Morgan fingerprint density at radius 3 is 2.53 bits per heavy atom. The van der Waals surface area contributed by atoms with Gasteiger partial charge in [-0.3, -0.25) is 0 Å². The van der Waals surface area contributed by atoms with Crippen LogP contribution in [0.25, 0.3) is 0 Å². The van der Waals surface area contributed by atoms with Gasteiger partial charge >= 0.3 is 0 Å². The third-order valence-corrected chi connectivity index (χ3v) is 3.42. The van der Waals surface area contributed by atoms with E-state index in [0.717, 1.165) is 10.0 Å². The third kappa shape index (κ3) is 3.55. The van der Waals surface area contributed by atoms with Gasteiger partial charge in [0.15, 0.2) is 0 Å². The summed E-state index contributed by atoms with van der Waals surface area (Å²) in [5.74, 6) is 0.108. The summed E-state index contributed by atoms with van der Waals surface area (Å²) < 4.78 is 19.4. The van der Waals surface area contributed by atoms with E-state index in [1.165, 1.54) is 25.3 Å². The molecule has 0 bridgehead atoms. The zero-order chi connectivity index (χ0) is 13.8. The lowest BCUT2D eigenvalue weighted by atomic mass is 10.0. The van der Waals surface area contributed by atoms with E-state index in [-0.39, 0.29) is 5.82 Å². The predicted octanol–water partition coefficient (Wildman–Crippen LogP) is 3.87. The van der Waals surface area contributed by atoms with E-state index >= 15 is 0 Å². The summed E-state index contributed by atoms with van der Waals surface area (Å²) in [6.07, 6.45) is -0.389. The molecule has 0 heterocycles. The van der Waals surface area contributed by atoms with Crippen LogP contribution in [0.4, 0.5) is 4.39 Å². The molecule has 2 aromatic rings. The van der Waals surface area contributed by atoms with Gasteiger partial charge in [-0.2, -0.15) is 0 Å². The molecule has 0 fully saturated rings. The Hall–Kier alpha value is -1.39. The van der Waals surface area contributed by atoms with Crippen molar-refractivity contribution >= 4 is 15.9 Å². The number of hydrogen-bond donors (Lipinski definition) is 1. The van der Waals surface area contributed by atoms with E-state index in [2.05, 4.69) is 15.9 Å². The van der Waals surface area contributed by atoms with Crippen LogP contribution in [0.2, 0.25) is 0 Å². The van der Waals surface area contributed by atoms with Crippen molar-refractivity contribution in [3.05, 3.63) is 63.9 Å². The summed E-state index contributed by atoms with van der Waals surface area (Å²) in [7, 11) is 1.50. The molecule has 0 aliphatic carbocycles. The minimum Gasteiger partial charge on any atom is -0.496 e. The molecule has 0 aliphatic rings. The van der Waals surface area contributed by atoms with Crippen molar-refractivity contribution in [3.8, 4) is 5.75 Å². The Labute approximate surface area is 120 Å². The van der Waals surface area contributed by atoms with E-state index in [9.17, 15) is 9.50 Å². The van der Waals surface area contributed by atoms with Gasteiger partial charge in [-0.15, -0.1) is 0 Å². The van der Waals surface area contributed by atoms with Crippen LogP contribution in [0.1, 0.15) is 17.2 Å². The number of rotatable bonds is 4. The maximum absolute atomic E-state index is 13.3. The molecule has 2 rings (SSSR count). The second-order valence-electron chi connectivity index (χ2n) is 4.23. The molecular weight excluding hydrogens is 311 g/mol. The van der Waals surface area contributed by atoms with Crippen molar-refractivity contribution in [1.82, 2.24) is 0 Å². The molecule has 0 aromatic heterocycles. The maximum Gasteiger partial charge on any atom is 0.124 e. The van der Waals surface area contributed by atoms with Gasteiger partial charge < -0.3 is 9.84 Å². The Morgan fingerprint density at radius 1 is 1.21 bits per heavy atom. The topological polar surface area (TPSA) is 29.5 Å². The Balaban J connectivity index is 2.21. The van der Waals surface area contributed by atoms with Crippen molar-refractivity contribution in [2.75, 3.05) is 7.11 Å².